The van der Waals surface area contributed by atoms with E-state index in [1.54, 1.807) is 24.3 Å². The van der Waals surface area contributed by atoms with Crippen molar-refractivity contribution in [2.75, 3.05) is 31.6 Å². The third-order valence-electron chi connectivity index (χ3n) is 5.72. The Morgan fingerprint density at radius 2 is 1.89 bits per heavy atom. The maximum absolute atomic E-state index is 13.0. The molecule has 6 heteroatoms. The molecule has 1 saturated carbocycles. The second-order valence-electron chi connectivity index (χ2n) is 7.98. The smallest absolute Gasteiger partial charge is 0.260 e. The molecular weight excluding hydrogens is 356 g/mol. The predicted octanol–water partition coefficient (Wildman–Crippen LogP) is 3.61. The Bertz CT molecular complexity index is 666. The summed E-state index contributed by atoms with van der Waals surface area (Å²) in [4.78, 5) is 26.9. The Hall–Kier alpha value is -2.08. The summed E-state index contributed by atoms with van der Waals surface area (Å²) in [6.07, 6.45) is 5.81. The second kappa shape index (κ2) is 9.41. The minimum atomic E-state index is -0.732. The summed E-state index contributed by atoms with van der Waals surface area (Å²) in [5, 5.41) is 3.00. The van der Waals surface area contributed by atoms with Gasteiger partial charge in [0.05, 0.1) is 0 Å². The molecule has 28 heavy (non-hydrogen) atoms. The number of carbonyl (C=O) groups excluding carboxylic acids is 2. The van der Waals surface area contributed by atoms with Crippen LogP contribution in [0.25, 0.3) is 0 Å². The number of amides is 2. The van der Waals surface area contributed by atoms with Gasteiger partial charge in [-0.15, -0.1) is 0 Å². The zero-order chi connectivity index (χ0) is 20.0. The van der Waals surface area contributed by atoms with Gasteiger partial charge in [-0.05, 0) is 69.2 Å². The first kappa shape index (κ1) is 20.6. The van der Waals surface area contributed by atoms with E-state index in [1.807, 2.05) is 11.8 Å². The molecule has 2 fully saturated rings. The van der Waals surface area contributed by atoms with Crippen molar-refractivity contribution in [3.05, 3.63) is 24.3 Å². The third kappa shape index (κ3) is 5.04. The number of benzene rings is 1. The van der Waals surface area contributed by atoms with Crippen LogP contribution in [-0.4, -0.2) is 48.6 Å². The summed E-state index contributed by atoms with van der Waals surface area (Å²) in [6, 6.07) is 7.17. The molecule has 3 rings (SSSR count). The Kier molecular flexibility index (Phi) is 6.94. The van der Waals surface area contributed by atoms with E-state index in [0.29, 0.717) is 24.0 Å². The van der Waals surface area contributed by atoms with E-state index in [4.69, 9.17) is 9.47 Å². The van der Waals surface area contributed by atoms with Gasteiger partial charge in [-0.2, -0.15) is 0 Å². The zero-order valence-electron chi connectivity index (χ0n) is 17.0. The molecular formula is C22H32N2O4. The quantitative estimate of drug-likeness (QED) is 0.775. The van der Waals surface area contributed by atoms with Crippen molar-refractivity contribution < 1.29 is 19.1 Å². The minimum Gasteiger partial charge on any atom is -0.484 e. The highest BCUT2D eigenvalue weighted by Gasteiger charge is 2.42. The molecule has 1 aromatic carbocycles. The van der Waals surface area contributed by atoms with Crippen LogP contribution in [0.2, 0.25) is 0 Å². The summed E-state index contributed by atoms with van der Waals surface area (Å²) in [5.41, 5.74) is -0.0236. The maximum Gasteiger partial charge on any atom is 0.260 e. The average Bonchev–Trinajstić information content (AvgIpc) is 3.22. The fourth-order valence-corrected chi connectivity index (χ4v) is 4.26. The molecule has 0 bridgehead atoms. The lowest BCUT2D eigenvalue weighted by Gasteiger charge is -2.38. The van der Waals surface area contributed by atoms with Gasteiger partial charge in [0.2, 0.25) is 0 Å². The Morgan fingerprint density at radius 3 is 2.54 bits per heavy atom. The van der Waals surface area contributed by atoms with Crippen LogP contribution in [0.5, 0.6) is 5.75 Å². The first-order valence-corrected chi connectivity index (χ1v) is 10.5. The highest BCUT2D eigenvalue weighted by Crippen LogP contribution is 2.36. The van der Waals surface area contributed by atoms with Gasteiger partial charge in [0.1, 0.15) is 11.4 Å². The largest absolute Gasteiger partial charge is 0.484 e. The molecule has 1 aliphatic carbocycles. The minimum absolute atomic E-state index is 0.0277. The van der Waals surface area contributed by atoms with Gasteiger partial charge in [0.25, 0.3) is 11.8 Å². The molecule has 154 valence electrons. The third-order valence-corrected chi connectivity index (χ3v) is 5.72. The summed E-state index contributed by atoms with van der Waals surface area (Å²) < 4.78 is 11.5. The summed E-state index contributed by atoms with van der Waals surface area (Å²) in [7, 11) is 0. The van der Waals surface area contributed by atoms with Crippen LogP contribution >= 0.6 is 0 Å². The highest BCUT2D eigenvalue weighted by molar-refractivity contribution is 5.97. The fourth-order valence-electron chi connectivity index (χ4n) is 4.26. The molecule has 0 unspecified atom stereocenters. The number of likely N-dealkylation sites (tertiary alicyclic amines) is 1. The van der Waals surface area contributed by atoms with Crippen molar-refractivity contribution in [3.63, 3.8) is 0 Å². The maximum atomic E-state index is 13.0. The zero-order valence-corrected chi connectivity index (χ0v) is 17.0. The monoisotopic (exact) mass is 388 g/mol. The number of anilines is 1. The number of hydrogen-bond acceptors (Lipinski definition) is 4. The van der Waals surface area contributed by atoms with Gasteiger partial charge in [0.15, 0.2) is 6.61 Å². The number of hydrogen-bond donors (Lipinski definition) is 1. The van der Waals surface area contributed by atoms with E-state index in [9.17, 15) is 9.59 Å². The van der Waals surface area contributed by atoms with Crippen LogP contribution in [0.3, 0.4) is 0 Å². The predicted molar refractivity (Wildman–Crippen MR) is 108 cm³/mol. The van der Waals surface area contributed by atoms with E-state index in [0.717, 1.165) is 51.6 Å². The lowest BCUT2D eigenvalue weighted by atomic mass is 9.78. The molecule has 1 aromatic rings. The number of ether oxygens (including phenoxy) is 2. The molecule has 1 aliphatic heterocycles. The van der Waals surface area contributed by atoms with Crippen LogP contribution in [0.4, 0.5) is 5.69 Å². The van der Waals surface area contributed by atoms with Gasteiger partial charge in [0, 0.05) is 25.4 Å². The van der Waals surface area contributed by atoms with E-state index in [1.165, 1.54) is 0 Å². The molecule has 1 heterocycles. The van der Waals surface area contributed by atoms with Crippen molar-refractivity contribution in [2.45, 2.75) is 58.0 Å². The van der Waals surface area contributed by atoms with Crippen LogP contribution in [-0.2, 0) is 14.3 Å². The molecule has 2 atom stereocenters. The number of rotatable bonds is 7. The molecule has 0 aromatic heterocycles. The normalized spacial score (nSPS) is 24.8. The average molecular weight is 389 g/mol. The van der Waals surface area contributed by atoms with Crippen LogP contribution < -0.4 is 10.1 Å². The first-order valence-electron chi connectivity index (χ1n) is 10.5. The molecule has 1 N–H and O–H groups in total. The van der Waals surface area contributed by atoms with Crippen molar-refractivity contribution in [1.82, 2.24) is 4.90 Å². The lowest BCUT2D eigenvalue weighted by Crippen LogP contribution is -2.48. The molecule has 6 nitrogen and oxygen atoms in total. The lowest BCUT2D eigenvalue weighted by molar-refractivity contribution is -0.147. The van der Waals surface area contributed by atoms with Crippen LogP contribution in [0, 0.1) is 5.92 Å². The molecule has 0 spiro atoms. The van der Waals surface area contributed by atoms with E-state index in [2.05, 4.69) is 12.2 Å². The van der Waals surface area contributed by atoms with Crippen molar-refractivity contribution in [3.8, 4) is 5.75 Å². The van der Waals surface area contributed by atoms with E-state index in [-0.39, 0.29) is 18.4 Å². The van der Waals surface area contributed by atoms with E-state index < -0.39 is 5.60 Å². The Balaban J connectivity index is 1.55. The fraction of sp³-hybridized carbons (Fsp3) is 0.636. The van der Waals surface area contributed by atoms with Gasteiger partial charge in [-0.3, -0.25) is 9.59 Å². The van der Waals surface area contributed by atoms with Crippen molar-refractivity contribution in [2.24, 2.45) is 5.92 Å². The van der Waals surface area contributed by atoms with Gasteiger partial charge >= 0.3 is 0 Å². The van der Waals surface area contributed by atoms with Crippen molar-refractivity contribution >= 4 is 17.5 Å². The number of nitrogens with one attached hydrogen (secondary N) is 1. The summed E-state index contributed by atoms with van der Waals surface area (Å²) in [6.45, 7) is 6.34. The van der Waals surface area contributed by atoms with Gasteiger partial charge in [-0.1, -0.05) is 13.3 Å². The SMILES string of the molecule is CCO[C@]1(C(=O)Nc2ccc(OCC(=O)N3CCCC3)cc2)CCC[C@H](C)C1. The molecule has 1 saturated heterocycles. The molecule has 2 amide bonds. The highest BCUT2D eigenvalue weighted by atomic mass is 16.5. The first-order chi connectivity index (χ1) is 13.5. The summed E-state index contributed by atoms with van der Waals surface area (Å²) in [5.74, 6) is 1.06. The number of nitrogens with zero attached hydrogens (tertiary/aromatic N) is 1. The topological polar surface area (TPSA) is 67.9 Å². The number of carbonyl (C=O) groups is 2. The Morgan fingerprint density at radius 1 is 1.18 bits per heavy atom. The van der Waals surface area contributed by atoms with Gasteiger partial charge < -0.3 is 19.7 Å². The van der Waals surface area contributed by atoms with Gasteiger partial charge in [-0.25, -0.2) is 0 Å². The van der Waals surface area contributed by atoms with Crippen LogP contribution in [0.15, 0.2) is 24.3 Å². The Labute approximate surface area is 167 Å². The standard InChI is InChI=1S/C22H32N2O4/c1-3-28-22(12-6-7-17(2)15-22)21(26)23-18-8-10-19(11-9-18)27-16-20(25)24-13-4-5-14-24/h8-11,17H,3-7,12-16H2,1-2H3,(H,23,26)/t17-,22+/m0/s1. The van der Waals surface area contributed by atoms with E-state index >= 15 is 0 Å². The summed E-state index contributed by atoms with van der Waals surface area (Å²) >= 11 is 0. The van der Waals surface area contributed by atoms with Crippen LogP contribution in [0.1, 0.15) is 52.4 Å². The molecule has 0 radical (unpaired) electrons. The van der Waals surface area contributed by atoms with Crippen molar-refractivity contribution in [1.29, 1.82) is 0 Å². The second-order valence-corrected chi connectivity index (χ2v) is 7.98. The molecule has 2 aliphatic rings.